The summed E-state index contributed by atoms with van der Waals surface area (Å²) in [4.78, 5) is 11.7. The van der Waals surface area contributed by atoms with Crippen LogP contribution in [-0.4, -0.2) is 68.3 Å². The lowest BCUT2D eigenvalue weighted by Gasteiger charge is -2.26. The van der Waals surface area contributed by atoms with E-state index in [4.69, 9.17) is 23.4 Å². The van der Waals surface area contributed by atoms with Crippen LogP contribution in [0.15, 0.2) is 12.2 Å². The van der Waals surface area contributed by atoms with Gasteiger partial charge in [-0.3, -0.25) is 9.69 Å². The molecule has 0 amide bonds. The second-order valence-corrected chi connectivity index (χ2v) is 5.84. The Bertz CT molecular complexity index is 529. The maximum absolute atomic E-state index is 9.77. The van der Waals surface area contributed by atoms with E-state index in [-0.39, 0.29) is 22.3 Å². The van der Waals surface area contributed by atoms with Crippen molar-refractivity contribution in [1.29, 1.82) is 10.5 Å². The lowest BCUT2D eigenvalue weighted by atomic mass is 10.3. The molecule has 0 aromatic rings. The monoisotopic (exact) mass is 458 g/mol. The summed E-state index contributed by atoms with van der Waals surface area (Å²) in [7, 11) is 7.84. The molecule has 0 bridgehead atoms. The van der Waals surface area contributed by atoms with E-state index in [1.807, 2.05) is 39.2 Å². The molecule has 0 aromatic heterocycles. The molecule has 0 saturated heterocycles. The van der Waals surface area contributed by atoms with E-state index in [0.29, 0.717) is 23.1 Å². The van der Waals surface area contributed by atoms with E-state index < -0.39 is 5.78 Å². The first-order valence-electron chi connectivity index (χ1n) is 6.50. The topological polar surface area (TPSA) is 67.9 Å². The third-order valence-electron chi connectivity index (χ3n) is 1.95. The molecule has 0 aliphatic carbocycles. The Morgan fingerprint density at radius 2 is 1.71 bits per heavy atom. The molecule has 24 heavy (non-hydrogen) atoms. The molecular weight excluding hydrogens is 436 g/mol. The Hall–Kier alpha value is -1.61. The second-order valence-electron chi connectivity index (χ2n) is 5.28. The number of terminal acetylenes is 2. The maximum Gasteiger partial charge on any atom is 0.242 e. The summed E-state index contributed by atoms with van der Waals surface area (Å²) in [5.74, 6) is 4.62. The largest absolute Gasteiger partial charge is 1.00 e. The van der Waals surface area contributed by atoms with Crippen LogP contribution in [0, 0.1) is 47.3 Å². The Labute approximate surface area is 165 Å². The smallest absolute Gasteiger partial charge is 0.242 e. The molecule has 0 saturated carbocycles. The molecule has 0 heterocycles. The first-order chi connectivity index (χ1) is 10.6. The summed E-state index contributed by atoms with van der Waals surface area (Å²) in [5.41, 5.74) is 0.574. The highest BCUT2D eigenvalue weighted by molar-refractivity contribution is 9.09. The van der Waals surface area contributed by atoms with Gasteiger partial charge in [-0.25, -0.2) is 0 Å². The minimum atomic E-state index is -0.435. The van der Waals surface area contributed by atoms with Crippen LogP contribution in [0.2, 0.25) is 0 Å². The van der Waals surface area contributed by atoms with Crippen LogP contribution < -0.4 is 17.0 Å². The summed E-state index contributed by atoms with van der Waals surface area (Å²) in [6.45, 7) is 5.58. The van der Waals surface area contributed by atoms with Gasteiger partial charge in [-0.05, 0) is 20.0 Å². The van der Waals surface area contributed by atoms with E-state index >= 15 is 0 Å². The van der Waals surface area contributed by atoms with Gasteiger partial charge in [0.15, 0.2) is 0 Å². The molecule has 0 unspecified atom stereocenters. The van der Waals surface area contributed by atoms with Gasteiger partial charge in [-0.2, -0.15) is 10.5 Å². The van der Waals surface area contributed by atoms with Gasteiger partial charge in [-0.1, -0.05) is 28.4 Å². The van der Waals surface area contributed by atoms with E-state index in [1.54, 1.807) is 0 Å². The molecule has 0 rings (SSSR count). The van der Waals surface area contributed by atoms with Crippen molar-refractivity contribution in [2.24, 2.45) is 0 Å². The van der Waals surface area contributed by atoms with Gasteiger partial charge in [0, 0.05) is 0 Å². The zero-order chi connectivity index (χ0) is 18.9. The summed E-state index contributed by atoms with van der Waals surface area (Å²) >= 11 is 2.80. The number of hydrogen-bond donors (Lipinski definition) is 0. The van der Waals surface area contributed by atoms with Crippen LogP contribution in [0.25, 0.3) is 0 Å². The first kappa shape index (κ1) is 30.3. The summed E-state index contributed by atoms with van der Waals surface area (Å²) < 4.78 is 0.628. The number of carbonyl (C=O) groups excluding carboxylic acids is 1. The predicted molar refractivity (Wildman–Crippen MR) is 97.2 cm³/mol. The second kappa shape index (κ2) is 19.4. The number of hydrogen-bond acceptors (Lipinski definition) is 4. The molecule has 0 fully saturated rings. The van der Waals surface area contributed by atoms with Gasteiger partial charge in [0.25, 0.3) is 0 Å². The van der Waals surface area contributed by atoms with Gasteiger partial charge >= 0.3 is 0 Å². The number of Topliss-reactive ketones (excluding diaryl/α,β-unsaturated/α-hetero) is 1. The number of rotatable bonds is 5. The van der Waals surface area contributed by atoms with E-state index in [0.717, 1.165) is 6.54 Å². The minimum Gasteiger partial charge on any atom is -1.00 e. The lowest BCUT2D eigenvalue weighted by molar-refractivity contribution is -0.878. The summed E-state index contributed by atoms with van der Waals surface area (Å²) in [6, 6.07) is 3.43. The molecule has 0 aromatic carbocycles. The third kappa shape index (κ3) is 28.5. The summed E-state index contributed by atoms with van der Waals surface area (Å²) in [5, 5.41) is 16.3. The van der Waals surface area contributed by atoms with Gasteiger partial charge < -0.3 is 21.5 Å². The molecule has 0 aliphatic heterocycles. The van der Waals surface area contributed by atoms with Crippen LogP contribution >= 0.6 is 15.9 Å². The van der Waals surface area contributed by atoms with E-state index in [1.165, 1.54) is 6.07 Å². The number of ketones is 1. The fourth-order valence-corrected chi connectivity index (χ4v) is 1.19. The van der Waals surface area contributed by atoms with Gasteiger partial charge in [0.1, 0.15) is 19.2 Å². The summed E-state index contributed by atoms with van der Waals surface area (Å²) in [6.07, 6.45) is 10.1. The van der Waals surface area contributed by atoms with Gasteiger partial charge in [0.05, 0.1) is 37.6 Å². The van der Waals surface area contributed by atoms with Crippen molar-refractivity contribution in [2.75, 3.05) is 53.2 Å². The van der Waals surface area contributed by atoms with Crippen molar-refractivity contribution in [3.05, 3.63) is 12.2 Å². The fraction of sp³-hybridized carbons (Fsp3) is 0.471. The Morgan fingerprint density at radius 3 is 1.88 bits per heavy atom. The number of alkyl halides is 1. The Morgan fingerprint density at radius 1 is 1.21 bits per heavy atom. The number of likely N-dealkylation sites (N-methyl/N-ethyl adjacent to an activating group) is 1. The molecule has 0 N–H and O–H groups in total. The SMILES string of the molecule is C#CCN(C)C.C#CC[N+](C)(C)CC(=C)C#N.N#CC(=O)CBr.[Br-]. The molecule has 5 nitrogen and oxygen atoms in total. The van der Waals surface area contributed by atoms with Crippen molar-refractivity contribution in [3.63, 3.8) is 0 Å². The normalized spacial score (nSPS) is 8.25. The van der Waals surface area contributed by atoms with E-state index in [2.05, 4.69) is 34.3 Å². The zero-order valence-electron chi connectivity index (χ0n) is 14.6. The highest BCUT2D eigenvalue weighted by Crippen LogP contribution is 2.00. The number of nitrogens with zero attached hydrogens (tertiary/aromatic N) is 4. The maximum atomic E-state index is 9.77. The average Bonchev–Trinajstić information content (AvgIpc) is 2.46. The van der Waals surface area contributed by atoms with Crippen molar-refractivity contribution >= 4 is 21.7 Å². The predicted octanol–water partition coefficient (Wildman–Crippen LogP) is -1.57. The highest BCUT2D eigenvalue weighted by atomic mass is 79.9. The minimum absolute atomic E-state index is 0. The average molecular weight is 460 g/mol. The number of nitriles is 2. The highest BCUT2D eigenvalue weighted by Gasteiger charge is 2.13. The Kier molecular flexibility index (Phi) is 24.5. The molecule has 0 radical (unpaired) electrons. The Balaban J connectivity index is -0.000000132. The molecule has 132 valence electrons. The van der Waals surface area contributed by atoms with Crippen LogP contribution in [-0.2, 0) is 4.79 Å². The quantitative estimate of drug-likeness (QED) is 0.164. The van der Waals surface area contributed by atoms with Crippen molar-refractivity contribution in [3.8, 4) is 36.8 Å². The van der Waals surface area contributed by atoms with Gasteiger partial charge in [-0.15, -0.1) is 12.8 Å². The van der Waals surface area contributed by atoms with Crippen LogP contribution in [0.1, 0.15) is 0 Å². The van der Waals surface area contributed by atoms with Gasteiger partial charge in [0.2, 0.25) is 5.78 Å². The number of carbonyl (C=O) groups is 1. The lowest BCUT2D eigenvalue weighted by Crippen LogP contribution is -3.00. The molecule has 0 spiro atoms. The van der Waals surface area contributed by atoms with E-state index in [9.17, 15) is 4.79 Å². The first-order valence-corrected chi connectivity index (χ1v) is 7.62. The molecular formula is C17H24Br2N4O. The molecule has 0 atom stereocenters. The van der Waals surface area contributed by atoms with Crippen molar-refractivity contribution in [2.45, 2.75) is 0 Å². The third-order valence-corrected chi connectivity index (χ3v) is 2.46. The van der Waals surface area contributed by atoms with Crippen LogP contribution in [0.4, 0.5) is 0 Å². The number of quaternary nitrogens is 1. The van der Waals surface area contributed by atoms with Crippen LogP contribution in [0.5, 0.6) is 0 Å². The number of halogens is 2. The standard InChI is InChI=1S/C9H13N2.C5H9N.C3H2BrNO.BrH/c1-5-6-11(3,4)8-9(2)7-10;1-4-5-6(2)3;4-1-3(6)2-5;/h1H,2,6,8H2,3-4H3;1H,5H2,2-3H3;1H2;1H/q+1;;;/p-1. The zero-order valence-corrected chi connectivity index (χ0v) is 17.8. The molecule has 7 heteroatoms. The van der Waals surface area contributed by atoms with Crippen molar-refractivity contribution in [1.82, 2.24) is 4.90 Å². The molecule has 0 aliphatic rings. The fourth-order valence-electron chi connectivity index (χ4n) is 1.07. The van der Waals surface area contributed by atoms with Crippen LogP contribution in [0.3, 0.4) is 0 Å². The van der Waals surface area contributed by atoms with Crippen molar-refractivity contribution < 1.29 is 26.3 Å².